The topological polar surface area (TPSA) is 133 Å². The lowest BCUT2D eigenvalue weighted by atomic mass is 10.0. The molecule has 2 aromatic carbocycles. The summed E-state index contributed by atoms with van der Waals surface area (Å²) in [5, 5.41) is 8.27. The van der Waals surface area contributed by atoms with E-state index in [4.69, 9.17) is 16.9 Å². The van der Waals surface area contributed by atoms with Crippen LogP contribution in [0.15, 0.2) is 82.5 Å². The van der Waals surface area contributed by atoms with Gasteiger partial charge in [-0.25, -0.2) is 14.3 Å². The number of primary amides is 1. The number of carbonyl (C=O) groups excluding carboxylic acids is 1. The fourth-order valence-corrected chi connectivity index (χ4v) is 4.21. The Balaban J connectivity index is 0.000000841. The van der Waals surface area contributed by atoms with E-state index in [9.17, 15) is 18.1 Å². The van der Waals surface area contributed by atoms with Crippen LogP contribution in [0.1, 0.15) is 45.1 Å². The molecule has 0 unspecified atom stereocenters. The standard InChI is InChI=1S/C22H21F3N6OS.C6H13N.C2H6/c1-13(22(28)32)29-9-3-4-14(12-26)10-18(27)16-5-2-6-19(21(16)24)31-33-20-11-15(30-25)7-8-17(20)23;1-7-5-3-2-4-6-7;1-2/h2-9,11-12,27,30-31H,1,10,26H2,(H2,28,32);2-6H2,1H3;1-2H3/b4-3+,14-12-,27-18?,29-9?;;. The monoisotopic (exact) mass is 603 g/mol. The van der Waals surface area contributed by atoms with E-state index in [1.165, 1.54) is 92.8 Å². The molecule has 0 aliphatic carbocycles. The number of rotatable bonds is 11. The first kappa shape index (κ1) is 36.0. The van der Waals surface area contributed by atoms with Crippen LogP contribution in [0.25, 0.3) is 0 Å². The Morgan fingerprint density at radius 2 is 1.88 bits per heavy atom. The lowest BCUT2D eigenvalue weighted by molar-refractivity contribution is -0.114. The largest absolute Gasteiger partial charge is 0.404 e. The molecule has 3 rings (SSSR count). The maximum Gasteiger partial charge on any atom is 0.266 e. The summed E-state index contributed by atoms with van der Waals surface area (Å²) < 4.78 is 44.1. The van der Waals surface area contributed by atoms with Gasteiger partial charge in [-0.15, -0.1) is 4.48 Å². The highest BCUT2D eigenvalue weighted by atomic mass is 32.2. The number of halogens is 3. The molecule has 228 valence electrons. The molecule has 1 heterocycles. The summed E-state index contributed by atoms with van der Waals surface area (Å²) in [6.45, 7) is 10.0. The number of piperidine rings is 1. The number of aliphatic imine (C=N–C) groups is 1. The number of benzene rings is 2. The van der Waals surface area contributed by atoms with E-state index in [1.54, 1.807) is 0 Å². The Hall–Kier alpha value is -4.03. The van der Waals surface area contributed by atoms with Crippen molar-refractivity contribution in [3.05, 3.63) is 89.8 Å². The molecule has 0 atom stereocenters. The zero-order valence-electron chi connectivity index (χ0n) is 24.2. The smallest absolute Gasteiger partial charge is 0.266 e. The molecule has 0 aromatic heterocycles. The van der Waals surface area contributed by atoms with Crippen LogP contribution >= 0.6 is 11.9 Å². The van der Waals surface area contributed by atoms with Crippen LogP contribution in [-0.4, -0.2) is 42.9 Å². The minimum Gasteiger partial charge on any atom is -0.404 e. The highest BCUT2D eigenvalue weighted by Gasteiger charge is 2.14. The van der Waals surface area contributed by atoms with Gasteiger partial charge in [0.15, 0.2) is 5.82 Å². The van der Waals surface area contributed by atoms with Crippen molar-refractivity contribution in [3.8, 4) is 0 Å². The van der Waals surface area contributed by atoms with Gasteiger partial charge < -0.3 is 26.5 Å². The zero-order valence-corrected chi connectivity index (χ0v) is 25.0. The molecule has 1 fully saturated rings. The van der Waals surface area contributed by atoms with Crippen molar-refractivity contribution >= 4 is 41.2 Å². The molecule has 7 N–H and O–H groups in total. The number of nitrogens with one attached hydrogen (secondary N) is 3. The van der Waals surface area contributed by atoms with Gasteiger partial charge in [0.05, 0.1) is 16.3 Å². The minimum absolute atomic E-state index is 0.00393. The predicted molar refractivity (Wildman–Crippen MR) is 169 cm³/mol. The third-order valence-corrected chi connectivity index (χ3v) is 6.58. The van der Waals surface area contributed by atoms with E-state index in [0.29, 0.717) is 5.57 Å². The third-order valence-electron chi connectivity index (χ3n) is 5.72. The Morgan fingerprint density at radius 3 is 2.45 bits per heavy atom. The molecule has 1 aliphatic rings. The highest BCUT2D eigenvalue weighted by Crippen LogP contribution is 2.29. The van der Waals surface area contributed by atoms with Gasteiger partial charge in [0.1, 0.15) is 11.5 Å². The zero-order chi connectivity index (χ0) is 31.5. The summed E-state index contributed by atoms with van der Waals surface area (Å²) in [5.74, 6) is -2.08. The molecule has 0 saturated carbocycles. The number of hydrogen-bond acceptors (Lipinski definition) is 8. The average molecular weight is 604 g/mol. The molecule has 2 aromatic rings. The van der Waals surface area contributed by atoms with Crippen molar-refractivity contribution in [2.45, 2.75) is 44.4 Å². The maximum absolute atomic E-state index is 15.0. The first-order chi connectivity index (χ1) is 20.2. The van der Waals surface area contributed by atoms with Crippen LogP contribution in [0.2, 0.25) is 0 Å². The number of likely N-dealkylation sites (tertiary alicyclic amines) is 1. The Labute approximate surface area is 250 Å². The van der Waals surface area contributed by atoms with Gasteiger partial charge in [-0.3, -0.25) is 9.79 Å². The van der Waals surface area contributed by atoms with Crippen molar-refractivity contribution < 1.29 is 18.1 Å². The average Bonchev–Trinajstić information content (AvgIpc) is 3.00. The maximum atomic E-state index is 15.0. The number of anilines is 2. The first-order valence-corrected chi connectivity index (χ1v) is 14.2. The van der Waals surface area contributed by atoms with Crippen molar-refractivity contribution in [3.63, 3.8) is 0 Å². The van der Waals surface area contributed by atoms with Crippen molar-refractivity contribution in [2.75, 3.05) is 30.4 Å². The Kier molecular flexibility index (Phi) is 17.1. The second-order valence-electron chi connectivity index (χ2n) is 8.82. The van der Waals surface area contributed by atoms with E-state index < -0.39 is 17.5 Å². The van der Waals surface area contributed by atoms with Crippen LogP contribution < -0.4 is 21.7 Å². The summed E-state index contributed by atoms with van der Waals surface area (Å²) in [4.78, 5) is 17.0. The fraction of sp³-hybridized carbons (Fsp3) is 0.300. The molecule has 0 radical (unpaired) electrons. The second-order valence-corrected chi connectivity index (χ2v) is 9.67. The summed E-state index contributed by atoms with van der Waals surface area (Å²) in [7, 11) is 2.19. The number of nitrogens with two attached hydrogens (primary N) is 2. The van der Waals surface area contributed by atoms with E-state index in [2.05, 4.69) is 28.2 Å². The number of amides is 1. The first-order valence-electron chi connectivity index (χ1n) is 13.4. The van der Waals surface area contributed by atoms with Gasteiger partial charge in [-0.1, -0.05) is 45.1 Å². The normalized spacial score (nSPS) is 13.5. The molecule has 42 heavy (non-hydrogen) atoms. The SMILES string of the molecule is C=C(N=C/C=C/C(=C/N)CC(=N)c1cccc(NSc2cc(NF)ccc2F)c1F)C(N)=O.CC.CN1CCCCC1. The molecular weight excluding hydrogens is 563 g/mol. The lowest BCUT2D eigenvalue weighted by Gasteiger charge is -2.20. The summed E-state index contributed by atoms with van der Waals surface area (Å²) in [6, 6.07) is 7.92. The van der Waals surface area contributed by atoms with Crippen molar-refractivity contribution in [1.29, 1.82) is 5.41 Å². The summed E-state index contributed by atoms with van der Waals surface area (Å²) in [5.41, 5.74) is 12.4. The molecule has 12 heteroatoms. The Bertz CT molecular complexity index is 1280. The molecule has 1 amide bonds. The quantitative estimate of drug-likeness (QED) is 0.0636. The second kappa shape index (κ2) is 19.9. The molecule has 0 spiro atoms. The van der Waals surface area contributed by atoms with Crippen molar-refractivity contribution in [2.24, 2.45) is 16.5 Å². The van der Waals surface area contributed by atoms with Crippen LogP contribution in [0, 0.1) is 17.0 Å². The fourth-order valence-electron chi connectivity index (χ4n) is 3.48. The van der Waals surface area contributed by atoms with E-state index in [-0.39, 0.29) is 39.7 Å². The van der Waals surface area contributed by atoms with E-state index in [0.717, 1.165) is 18.0 Å². The number of allylic oxidation sites excluding steroid dienone is 3. The van der Waals surface area contributed by atoms with E-state index >= 15 is 0 Å². The lowest BCUT2D eigenvalue weighted by Crippen LogP contribution is -2.24. The predicted octanol–water partition coefficient (Wildman–Crippen LogP) is 6.74. The van der Waals surface area contributed by atoms with Crippen LogP contribution in [0.4, 0.5) is 24.6 Å². The van der Waals surface area contributed by atoms with Crippen molar-refractivity contribution in [1.82, 2.24) is 4.90 Å². The molecule has 1 aliphatic heterocycles. The molecule has 0 bridgehead atoms. The van der Waals surface area contributed by atoms with Crippen LogP contribution in [0.3, 0.4) is 0 Å². The summed E-state index contributed by atoms with van der Waals surface area (Å²) >= 11 is 0.761. The van der Waals surface area contributed by atoms with Crippen LogP contribution in [-0.2, 0) is 4.79 Å². The minimum atomic E-state index is -0.757. The van der Waals surface area contributed by atoms with Gasteiger partial charge >= 0.3 is 0 Å². The number of hydrogen-bond donors (Lipinski definition) is 5. The highest BCUT2D eigenvalue weighted by molar-refractivity contribution is 8.00. The number of nitrogens with zero attached hydrogens (tertiary/aromatic N) is 2. The molecule has 8 nitrogen and oxygen atoms in total. The van der Waals surface area contributed by atoms with Gasteiger partial charge in [-0.05, 0) is 87.0 Å². The Morgan fingerprint density at radius 1 is 1.19 bits per heavy atom. The molecular formula is C30H40F3N7OS. The van der Waals surface area contributed by atoms with E-state index in [1.807, 2.05) is 13.8 Å². The summed E-state index contributed by atoms with van der Waals surface area (Å²) in [6.07, 6.45) is 9.83. The van der Waals surface area contributed by atoms with Gasteiger partial charge in [0.25, 0.3) is 5.91 Å². The van der Waals surface area contributed by atoms with Gasteiger partial charge in [0, 0.05) is 23.9 Å². The molecule has 1 saturated heterocycles. The number of carbonyl (C=O) groups is 1. The van der Waals surface area contributed by atoms with Gasteiger partial charge in [0.2, 0.25) is 0 Å². The van der Waals surface area contributed by atoms with Gasteiger partial charge in [-0.2, -0.15) is 0 Å². The van der Waals surface area contributed by atoms with Crippen LogP contribution in [0.5, 0.6) is 0 Å². The third kappa shape index (κ3) is 12.6.